The molecule has 0 radical (unpaired) electrons. The maximum atomic E-state index is 12.4. The summed E-state index contributed by atoms with van der Waals surface area (Å²) in [5.41, 5.74) is 1.65. The van der Waals surface area contributed by atoms with E-state index in [9.17, 15) is 22.8 Å². The molecule has 158 valence electrons. The number of nitrogens with zero attached hydrogens (tertiary/aromatic N) is 2. The Bertz CT molecular complexity index is 834. The molecule has 1 aromatic heterocycles. The number of halogens is 3. The van der Waals surface area contributed by atoms with Gasteiger partial charge in [-0.05, 0) is 32.0 Å². The first kappa shape index (κ1) is 21.1. The van der Waals surface area contributed by atoms with Gasteiger partial charge in [-0.1, -0.05) is 12.1 Å². The Labute approximate surface area is 166 Å². The monoisotopic (exact) mass is 411 g/mol. The molecular formula is C19H24F3N5O2. The lowest BCUT2D eigenvalue weighted by Crippen LogP contribution is -2.43. The Hall–Kier alpha value is -2.62. The van der Waals surface area contributed by atoms with E-state index in [4.69, 9.17) is 0 Å². The highest BCUT2D eigenvalue weighted by Gasteiger charge is 2.32. The third-order valence-electron chi connectivity index (χ3n) is 4.89. The zero-order chi connectivity index (χ0) is 21.0. The van der Waals surface area contributed by atoms with E-state index < -0.39 is 24.5 Å². The van der Waals surface area contributed by atoms with Crippen LogP contribution in [0.25, 0.3) is 11.0 Å². The number of para-hydroxylation sites is 2. The summed E-state index contributed by atoms with van der Waals surface area (Å²) in [6, 6.07) is 7.31. The van der Waals surface area contributed by atoms with E-state index in [1.165, 1.54) is 0 Å². The molecule has 1 saturated heterocycles. The van der Waals surface area contributed by atoms with Gasteiger partial charge in [0.05, 0.1) is 23.4 Å². The standard InChI is InChI=1S/C19H24F3N5O2/c1-27-9-12(18(29)23-11-19(20,21)22)6-7-13(10-27)24-17(28)8-16-25-14-4-2-3-5-15(14)26-16/h2-5,12-13H,6-11H2,1H3,(H,23,29)(H,24,28)(H,25,26)/t12-,13+/m1/s1. The first-order valence-electron chi connectivity index (χ1n) is 9.45. The zero-order valence-electron chi connectivity index (χ0n) is 16.1. The highest BCUT2D eigenvalue weighted by Crippen LogP contribution is 2.18. The van der Waals surface area contributed by atoms with Crippen LogP contribution in [0, 0.1) is 5.92 Å². The van der Waals surface area contributed by atoms with E-state index in [0.29, 0.717) is 31.8 Å². The van der Waals surface area contributed by atoms with Gasteiger partial charge in [0.1, 0.15) is 12.4 Å². The summed E-state index contributed by atoms with van der Waals surface area (Å²) in [6.45, 7) is -0.460. The van der Waals surface area contributed by atoms with Gasteiger partial charge in [-0.25, -0.2) is 4.98 Å². The predicted octanol–water partition coefficient (Wildman–Crippen LogP) is 1.61. The molecule has 10 heteroatoms. The zero-order valence-corrected chi connectivity index (χ0v) is 16.1. The van der Waals surface area contributed by atoms with Crippen LogP contribution in [0.5, 0.6) is 0 Å². The van der Waals surface area contributed by atoms with Crippen LogP contribution in [0.4, 0.5) is 13.2 Å². The number of aromatic nitrogens is 2. The SMILES string of the molecule is CN1C[C@@H](NC(=O)Cc2nc3ccccc3[nH]2)CC[C@@H](C(=O)NCC(F)(F)F)C1. The normalized spacial score (nSPS) is 21.0. The molecule has 1 aliphatic rings. The van der Waals surface area contributed by atoms with E-state index in [1.807, 2.05) is 34.5 Å². The van der Waals surface area contributed by atoms with Gasteiger partial charge in [0, 0.05) is 19.1 Å². The van der Waals surface area contributed by atoms with Crippen molar-refractivity contribution in [3.8, 4) is 0 Å². The molecule has 0 spiro atoms. The van der Waals surface area contributed by atoms with Gasteiger partial charge in [-0.2, -0.15) is 13.2 Å². The van der Waals surface area contributed by atoms with E-state index >= 15 is 0 Å². The van der Waals surface area contributed by atoms with E-state index in [2.05, 4.69) is 15.3 Å². The minimum atomic E-state index is -4.43. The van der Waals surface area contributed by atoms with Gasteiger partial charge < -0.3 is 20.5 Å². The van der Waals surface area contributed by atoms with Crippen LogP contribution in [0.1, 0.15) is 18.7 Å². The molecule has 0 unspecified atom stereocenters. The van der Waals surface area contributed by atoms with Gasteiger partial charge in [0.2, 0.25) is 11.8 Å². The van der Waals surface area contributed by atoms with Crippen molar-refractivity contribution in [1.29, 1.82) is 0 Å². The van der Waals surface area contributed by atoms with Crippen molar-refractivity contribution in [3.05, 3.63) is 30.1 Å². The summed E-state index contributed by atoms with van der Waals surface area (Å²) in [5, 5.41) is 4.90. The van der Waals surface area contributed by atoms with E-state index in [-0.39, 0.29) is 18.4 Å². The van der Waals surface area contributed by atoms with Gasteiger partial charge in [-0.15, -0.1) is 0 Å². The lowest BCUT2D eigenvalue weighted by molar-refractivity contribution is -0.141. The fraction of sp³-hybridized carbons (Fsp3) is 0.526. The number of fused-ring (bicyclic) bond motifs is 1. The summed E-state index contributed by atoms with van der Waals surface area (Å²) >= 11 is 0. The molecule has 1 aliphatic heterocycles. The molecular weight excluding hydrogens is 387 g/mol. The maximum absolute atomic E-state index is 12.4. The van der Waals surface area contributed by atoms with E-state index in [1.54, 1.807) is 7.05 Å². The molecule has 0 aliphatic carbocycles. The molecule has 7 nitrogen and oxygen atoms in total. The van der Waals surface area contributed by atoms with Gasteiger partial charge in [0.15, 0.2) is 0 Å². The van der Waals surface area contributed by atoms with Crippen molar-refractivity contribution >= 4 is 22.8 Å². The number of likely N-dealkylation sites (tertiary alicyclic amines) is 1. The summed E-state index contributed by atoms with van der Waals surface area (Å²) in [6.07, 6.45) is -3.41. The minimum Gasteiger partial charge on any atom is -0.352 e. The lowest BCUT2D eigenvalue weighted by atomic mass is 10.0. The Balaban J connectivity index is 1.52. The number of hydrogen-bond acceptors (Lipinski definition) is 4. The van der Waals surface area contributed by atoms with Crippen LogP contribution in [0.15, 0.2) is 24.3 Å². The Kier molecular flexibility index (Phi) is 6.41. The number of amides is 2. The Morgan fingerprint density at radius 1 is 1.24 bits per heavy atom. The number of H-pyrrole nitrogens is 1. The van der Waals surface area contributed by atoms with Crippen molar-refractivity contribution in [2.45, 2.75) is 31.5 Å². The number of aromatic amines is 1. The van der Waals surface area contributed by atoms with Crippen molar-refractivity contribution in [2.75, 3.05) is 26.7 Å². The van der Waals surface area contributed by atoms with Gasteiger partial charge in [-0.3, -0.25) is 9.59 Å². The summed E-state index contributed by atoms with van der Waals surface area (Å²) in [7, 11) is 1.79. The average Bonchev–Trinajstić information content (AvgIpc) is 2.94. The molecule has 3 rings (SSSR count). The van der Waals surface area contributed by atoms with Crippen molar-refractivity contribution in [1.82, 2.24) is 25.5 Å². The predicted molar refractivity (Wildman–Crippen MR) is 101 cm³/mol. The summed E-state index contributed by atoms with van der Waals surface area (Å²) in [4.78, 5) is 33.8. The van der Waals surface area contributed by atoms with E-state index in [0.717, 1.165) is 11.0 Å². The van der Waals surface area contributed by atoms with Crippen LogP contribution < -0.4 is 10.6 Å². The maximum Gasteiger partial charge on any atom is 0.405 e. The Morgan fingerprint density at radius 2 is 2.00 bits per heavy atom. The number of benzene rings is 1. The molecule has 2 atom stereocenters. The highest BCUT2D eigenvalue weighted by molar-refractivity contribution is 5.81. The molecule has 29 heavy (non-hydrogen) atoms. The molecule has 2 aromatic rings. The quantitative estimate of drug-likeness (QED) is 0.697. The van der Waals surface area contributed by atoms with Crippen molar-refractivity contribution < 1.29 is 22.8 Å². The van der Waals surface area contributed by atoms with Crippen molar-refractivity contribution in [3.63, 3.8) is 0 Å². The molecule has 1 fully saturated rings. The van der Waals surface area contributed by atoms with Crippen molar-refractivity contribution in [2.24, 2.45) is 5.92 Å². The van der Waals surface area contributed by atoms with Crippen LogP contribution in [0.2, 0.25) is 0 Å². The average molecular weight is 411 g/mol. The number of alkyl halides is 3. The highest BCUT2D eigenvalue weighted by atomic mass is 19.4. The van der Waals surface area contributed by atoms with Crippen LogP contribution in [-0.4, -0.2) is 65.6 Å². The van der Waals surface area contributed by atoms with Crippen LogP contribution in [0.3, 0.4) is 0 Å². The minimum absolute atomic E-state index is 0.102. The fourth-order valence-corrected chi connectivity index (χ4v) is 3.60. The first-order chi connectivity index (χ1) is 13.7. The number of nitrogens with one attached hydrogen (secondary N) is 3. The third kappa shape index (κ3) is 6.18. The number of imidazole rings is 1. The molecule has 0 saturated carbocycles. The second kappa shape index (κ2) is 8.81. The molecule has 0 bridgehead atoms. The summed E-state index contributed by atoms with van der Waals surface area (Å²) in [5.74, 6) is -0.777. The molecule has 2 heterocycles. The summed E-state index contributed by atoms with van der Waals surface area (Å²) < 4.78 is 36.9. The second-order valence-electron chi connectivity index (χ2n) is 7.47. The lowest BCUT2D eigenvalue weighted by Gasteiger charge is -2.22. The van der Waals surface area contributed by atoms with Crippen LogP contribution >= 0.6 is 0 Å². The topological polar surface area (TPSA) is 90.1 Å². The number of likely N-dealkylation sites (N-methyl/N-ethyl adjacent to an activating group) is 1. The first-order valence-corrected chi connectivity index (χ1v) is 9.45. The second-order valence-corrected chi connectivity index (χ2v) is 7.47. The third-order valence-corrected chi connectivity index (χ3v) is 4.89. The van der Waals surface area contributed by atoms with Gasteiger partial charge in [0.25, 0.3) is 0 Å². The number of hydrogen-bond donors (Lipinski definition) is 3. The molecule has 2 amide bonds. The smallest absolute Gasteiger partial charge is 0.352 e. The van der Waals surface area contributed by atoms with Gasteiger partial charge >= 0.3 is 6.18 Å². The Morgan fingerprint density at radius 3 is 2.72 bits per heavy atom. The van der Waals surface area contributed by atoms with Crippen LogP contribution in [-0.2, 0) is 16.0 Å². The molecule has 3 N–H and O–H groups in total. The number of carbonyl (C=O) groups excluding carboxylic acids is 2. The largest absolute Gasteiger partial charge is 0.405 e. The molecule has 1 aromatic carbocycles. The number of rotatable bonds is 5. The fourth-order valence-electron chi connectivity index (χ4n) is 3.60. The number of carbonyl (C=O) groups is 2.